The van der Waals surface area contributed by atoms with Crippen LogP contribution < -0.4 is 21.9 Å². The fourth-order valence-electron chi connectivity index (χ4n) is 2.79. The van der Waals surface area contributed by atoms with E-state index in [-0.39, 0.29) is 24.6 Å². The molecular weight excluding hydrogens is 367 g/mol. The predicted octanol–water partition coefficient (Wildman–Crippen LogP) is 1.82. The Morgan fingerprint density at radius 2 is 1.86 bits per heavy atom. The SMILES string of the molecule is CC(=O)Nc1ccc(F)c(NC(=O)CCn2c(=O)[nH]c(=O)c3ccccc32)c1. The van der Waals surface area contributed by atoms with E-state index in [1.807, 2.05) is 0 Å². The number of anilines is 2. The third-order valence-corrected chi connectivity index (χ3v) is 4.03. The Morgan fingerprint density at radius 3 is 2.61 bits per heavy atom. The van der Waals surface area contributed by atoms with Crippen molar-refractivity contribution in [3.63, 3.8) is 0 Å². The normalized spacial score (nSPS) is 10.6. The summed E-state index contributed by atoms with van der Waals surface area (Å²) in [4.78, 5) is 49.5. The predicted molar refractivity (Wildman–Crippen MR) is 103 cm³/mol. The summed E-state index contributed by atoms with van der Waals surface area (Å²) in [6.45, 7) is 1.31. The zero-order chi connectivity index (χ0) is 20.3. The molecule has 0 spiro atoms. The molecule has 8 nitrogen and oxygen atoms in total. The molecule has 0 bridgehead atoms. The highest BCUT2D eigenvalue weighted by Gasteiger charge is 2.11. The molecule has 144 valence electrons. The first-order chi connectivity index (χ1) is 13.3. The number of nitrogens with zero attached hydrogens (tertiary/aromatic N) is 1. The molecular formula is C19H17FN4O4. The lowest BCUT2D eigenvalue weighted by atomic mass is 10.2. The van der Waals surface area contributed by atoms with Crippen LogP contribution in [0, 0.1) is 5.82 Å². The van der Waals surface area contributed by atoms with Crippen LogP contribution in [0.2, 0.25) is 0 Å². The molecule has 0 aliphatic rings. The molecule has 0 saturated heterocycles. The number of carbonyl (C=O) groups excluding carboxylic acids is 2. The highest BCUT2D eigenvalue weighted by molar-refractivity contribution is 5.93. The van der Waals surface area contributed by atoms with Crippen LogP contribution in [-0.2, 0) is 16.1 Å². The lowest BCUT2D eigenvalue weighted by molar-refractivity contribution is -0.116. The van der Waals surface area contributed by atoms with Crippen molar-refractivity contribution in [1.82, 2.24) is 9.55 Å². The summed E-state index contributed by atoms with van der Waals surface area (Å²) in [5.41, 5.74) is -0.474. The number of aromatic amines is 1. The molecule has 9 heteroatoms. The summed E-state index contributed by atoms with van der Waals surface area (Å²) < 4.78 is 15.2. The summed E-state index contributed by atoms with van der Waals surface area (Å²) in [6, 6.07) is 10.3. The van der Waals surface area contributed by atoms with E-state index in [0.717, 1.165) is 6.07 Å². The van der Waals surface area contributed by atoms with Gasteiger partial charge in [-0.2, -0.15) is 0 Å². The molecule has 0 fully saturated rings. The number of aryl methyl sites for hydroxylation is 1. The van der Waals surface area contributed by atoms with Crippen LogP contribution in [0.25, 0.3) is 10.9 Å². The fourth-order valence-corrected chi connectivity index (χ4v) is 2.79. The van der Waals surface area contributed by atoms with Gasteiger partial charge in [-0.15, -0.1) is 0 Å². The van der Waals surface area contributed by atoms with Crippen LogP contribution >= 0.6 is 0 Å². The number of aromatic nitrogens is 2. The average Bonchev–Trinajstić information content (AvgIpc) is 2.64. The minimum absolute atomic E-state index is 0.00499. The smallest absolute Gasteiger partial charge is 0.326 e. The number of para-hydroxylation sites is 1. The van der Waals surface area contributed by atoms with Crippen LogP contribution in [0.5, 0.6) is 0 Å². The van der Waals surface area contributed by atoms with Crippen LogP contribution in [0.1, 0.15) is 13.3 Å². The summed E-state index contributed by atoms with van der Waals surface area (Å²) >= 11 is 0. The standard InChI is InChI=1S/C19H17FN4O4/c1-11(25)21-12-6-7-14(20)15(10-12)22-17(26)8-9-24-16-5-3-2-4-13(16)18(27)23-19(24)28/h2-7,10H,8-9H2,1H3,(H,21,25)(H,22,26)(H,23,27,28). The van der Waals surface area contributed by atoms with Crippen molar-refractivity contribution in [3.05, 3.63) is 69.1 Å². The zero-order valence-corrected chi connectivity index (χ0v) is 14.9. The summed E-state index contributed by atoms with van der Waals surface area (Å²) in [5, 5.41) is 5.25. The highest BCUT2D eigenvalue weighted by atomic mass is 19.1. The first-order valence-electron chi connectivity index (χ1n) is 8.44. The molecule has 3 N–H and O–H groups in total. The van der Waals surface area contributed by atoms with Crippen LogP contribution in [-0.4, -0.2) is 21.4 Å². The minimum atomic E-state index is -0.658. The minimum Gasteiger partial charge on any atom is -0.326 e. The molecule has 0 aliphatic carbocycles. The van der Waals surface area contributed by atoms with E-state index in [1.54, 1.807) is 24.3 Å². The first-order valence-corrected chi connectivity index (χ1v) is 8.44. The summed E-state index contributed by atoms with van der Waals surface area (Å²) in [6.07, 6.45) is -0.125. The highest BCUT2D eigenvalue weighted by Crippen LogP contribution is 2.20. The number of benzene rings is 2. The Bertz CT molecular complexity index is 1180. The van der Waals surface area contributed by atoms with Crippen molar-refractivity contribution in [2.24, 2.45) is 0 Å². The fraction of sp³-hybridized carbons (Fsp3) is 0.158. The Morgan fingerprint density at radius 1 is 1.11 bits per heavy atom. The third-order valence-electron chi connectivity index (χ3n) is 4.03. The number of halogens is 1. The number of carbonyl (C=O) groups is 2. The Kier molecular flexibility index (Phi) is 5.35. The van der Waals surface area contributed by atoms with Gasteiger partial charge < -0.3 is 10.6 Å². The van der Waals surface area contributed by atoms with Gasteiger partial charge in [0.25, 0.3) is 5.56 Å². The van der Waals surface area contributed by atoms with Gasteiger partial charge in [0.2, 0.25) is 11.8 Å². The maximum atomic E-state index is 13.9. The van der Waals surface area contributed by atoms with Gasteiger partial charge in [0.05, 0.1) is 16.6 Å². The number of hydrogen-bond acceptors (Lipinski definition) is 4. The van der Waals surface area contributed by atoms with Crippen molar-refractivity contribution in [1.29, 1.82) is 0 Å². The lowest BCUT2D eigenvalue weighted by Crippen LogP contribution is -2.31. The van der Waals surface area contributed by atoms with Gasteiger partial charge in [0.15, 0.2) is 0 Å². The second-order valence-electron chi connectivity index (χ2n) is 6.10. The molecule has 0 radical (unpaired) electrons. The Labute approximate surface area is 158 Å². The van der Waals surface area contributed by atoms with E-state index in [0.29, 0.717) is 16.6 Å². The van der Waals surface area contributed by atoms with E-state index in [2.05, 4.69) is 15.6 Å². The van der Waals surface area contributed by atoms with E-state index in [9.17, 15) is 23.6 Å². The molecule has 28 heavy (non-hydrogen) atoms. The van der Waals surface area contributed by atoms with Crippen LogP contribution in [0.4, 0.5) is 15.8 Å². The van der Waals surface area contributed by atoms with Crippen molar-refractivity contribution in [2.45, 2.75) is 19.9 Å². The van der Waals surface area contributed by atoms with E-state index in [4.69, 9.17) is 0 Å². The van der Waals surface area contributed by atoms with Gasteiger partial charge in [-0.05, 0) is 30.3 Å². The van der Waals surface area contributed by atoms with Gasteiger partial charge in [-0.1, -0.05) is 12.1 Å². The Balaban J connectivity index is 1.77. The molecule has 1 aromatic heterocycles. The van der Waals surface area contributed by atoms with Gasteiger partial charge in [0.1, 0.15) is 5.82 Å². The number of hydrogen-bond donors (Lipinski definition) is 3. The monoisotopic (exact) mass is 384 g/mol. The molecule has 2 amide bonds. The summed E-state index contributed by atoms with van der Waals surface area (Å²) in [5.74, 6) is -1.51. The molecule has 0 atom stereocenters. The molecule has 2 aromatic carbocycles. The number of amides is 2. The second kappa shape index (κ2) is 7.87. The number of fused-ring (bicyclic) bond motifs is 1. The number of H-pyrrole nitrogens is 1. The molecule has 3 aromatic rings. The topological polar surface area (TPSA) is 113 Å². The molecule has 0 saturated carbocycles. The lowest BCUT2D eigenvalue weighted by Gasteiger charge is -2.11. The van der Waals surface area contributed by atoms with Crippen molar-refractivity contribution in [2.75, 3.05) is 10.6 Å². The van der Waals surface area contributed by atoms with Gasteiger partial charge in [-0.25, -0.2) is 9.18 Å². The molecule has 0 unspecified atom stereocenters. The van der Waals surface area contributed by atoms with Gasteiger partial charge in [0, 0.05) is 25.6 Å². The third kappa shape index (κ3) is 4.14. The van der Waals surface area contributed by atoms with E-state index in [1.165, 1.54) is 23.6 Å². The van der Waals surface area contributed by atoms with Crippen molar-refractivity contribution in [3.8, 4) is 0 Å². The maximum Gasteiger partial charge on any atom is 0.328 e. The molecule has 3 rings (SSSR count). The van der Waals surface area contributed by atoms with Crippen molar-refractivity contribution >= 4 is 34.1 Å². The largest absolute Gasteiger partial charge is 0.328 e. The quantitative estimate of drug-likeness (QED) is 0.623. The van der Waals surface area contributed by atoms with Gasteiger partial charge in [-0.3, -0.25) is 23.9 Å². The zero-order valence-electron chi connectivity index (χ0n) is 14.9. The molecule has 0 aliphatic heterocycles. The number of nitrogens with one attached hydrogen (secondary N) is 3. The summed E-state index contributed by atoms with van der Waals surface area (Å²) in [7, 11) is 0. The Hall–Kier alpha value is -3.75. The van der Waals surface area contributed by atoms with Crippen LogP contribution in [0.3, 0.4) is 0 Å². The molecule has 1 heterocycles. The van der Waals surface area contributed by atoms with Crippen molar-refractivity contribution < 1.29 is 14.0 Å². The van der Waals surface area contributed by atoms with Gasteiger partial charge >= 0.3 is 5.69 Å². The first kappa shape index (κ1) is 19.0. The van der Waals surface area contributed by atoms with E-state index >= 15 is 0 Å². The second-order valence-corrected chi connectivity index (χ2v) is 6.10. The maximum absolute atomic E-state index is 13.9. The van der Waals surface area contributed by atoms with E-state index < -0.39 is 23.0 Å². The average molecular weight is 384 g/mol. The number of rotatable bonds is 5. The van der Waals surface area contributed by atoms with Crippen LogP contribution in [0.15, 0.2) is 52.1 Å².